The number of para-hydroxylation sites is 1. The Morgan fingerprint density at radius 3 is 2.52 bits per heavy atom. The van der Waals surface area contributed by atoms with Crippen molar-refractivity contribution in [1.29, 1.82) is 0 Å². The topological polar surface area (TPSA) is 97.5 Å². The zero-order valence-electron chi connectivity index (χ0n) is 14.6. The van der Waals surface area contributed by atoms with Gasteiger partial charge in [0.15, 0.2) is 23.5 Å². The number of benzene rings is 1. The number of nitrogens with zero attached hydrogens (tertiary/aromatic N) is 5. The first-order valence-corrected chi connectivity index (χ1v) is 8.32. The first-order chi connectivity index (χ1) is 13.9. The maximum atomic E-state index is 12.7. The molecule has 8 nitrogen and oxygen atoms in total. The standard InChI is InChI=1S/C18H13F3N6O2/c19-18(20,21)29-13-5-2-1-4-11(13)12-6-7-14-24-10-15(27(14)26-12)25-17(28)16-22-8-3-9-23-16/h1-10,17,25,28H. The molecule has 4 aromatic rings. The SMILES string of the molecule is OC(Nc1cnc2ccc(-c3ccccc3OC(F)(F)F)nn12)c1ncccn1. The van der Waals surface area contributed by atoms with Crippen molar-refractivity contribution in [2.45, 2.75) is 12.6 Å². The fraction of sp³-hybridized carbons (Fsp3) is 0.111. The predicted molar refractivity (Wildman–Crippen MR) is 95.7 cm³/mol. The molecule has 0 aliphatic rings. The third-order valence-electron chi connectivity index (χ3n) is 3.87. The van der Waals surface area contributed by atoms with Crippen LogP contribution in [0.25, 0.3) is 16.9 Å². The third-order valence-corrected chi connectivity index (χ3v) is 3.87. The Hall–Kier alpha value is -3.73. The summed E-state index contributed by atoms with van der Waals surface area (Å²) in [7, 11) is 0. The van der Waals surface area contributed by atoms with Crippen molar-refractivity contribution in [3.63, 3.8) is 0 Å². The van der Waals surface area contributed by atoms with Crippen LogP contribution in [0.15, 0.2) is 61.1 Å². The van der Waals surface area contributed by atoms with Crippen molar-refractivity contribution in [2.24, 2.45) is 0 Å². The molecule has 4 rings (SSSR count). The molecule has 3 heterocycles. The van der Waals surface area contributed by atoms with E-state index in [0.717, 1.165) is 0 Å². The van der Waals surface area contributed by atoms with Crippen LogP contribution in [0, 0.1) is 0 Å². The number of hydrogen-bond donors (Lipinski definition) is 2. The molecule has 0 spiro atoms. The summed E-state index contributed by atoms with van der Waals surface area (Å²) in [5.74, 6) is 0.0674. The first-order valence-electron chi connectivity index (χ1n) is 8.32. The fourth-order valence-electron chi connectivity index (χ4n) is 2.66. The van der Waals surface area contributed by atoms with Crippen LogP contribution in [0.2, 0.25) is 0 Å². The minimum Gasteiger partial charge on any atom is -0.405 e. The van der Waals surface area contributed by atoms with Gasteiger partial charge < -0.3 is 15.2 Å². The van der Waals surface area contributed by atoms with Crippen molar-refractivity contribution in [1.82, 2.24) is 24.6 Å². The lowest BCUT2D eigenvalue weighted by atomic mass is 10.1. The van der Waals surface area contributed by atoms with Crippen LogP contribution in [-0.2, 0) is 0 Å². The summed E-state index contributed by atoms with van der Waals surface area (Å²) in [6.07, 6.45) is -1.67. The summed E-state index contributed by atoms with van der Waals surface area (Å²) in [6.45, 7) is 0. The van der Waals surface area contributed by atoms with Crippen LogP contribution in [0.1, 0.15) is 12.1 Å². The predicted octanol–water partition coefficient (Wildman–Crippen LogP) is 3.19. The number of fused-ring (bicyclic) bond motifs is 1. The van der Waals surface area contributed by atoms with E-state index in [4.69, 9.17) is 0 Å². The van der Waals surface area contributed by atoms with E-state index in [9.17, 15) is 18.3 Å². The summed E-state index contributed by atoms with van der Waals surface area (Å²) in [4.78, 5) is 12.1. The molecule has 0 fully saturated rings. The van der Waals surface area contributed by atoms with E-state index < -0.39 is 12.6 Å². The second-order valence-electron chi connectivity index (χ2n) is 5.83. The normalized spacial score (nSPS) is 12.7. The number of aliphatic hydroxyl groups excluding tert-OH is 1. The van der Waals surface area contributed by atoms with Gasteiger partial charge in [-0.05, 0) is 30.3 Å². The Bertz CT molecular complexity index is 1130. The number of alkyl halides is 3. The average Bonchev–Trinajstić information content (AvgIpc) is 3.10. The summed E-state index contributed by atoms with van der Waals surface area (Å²) in [6, 6.07) is 10.4. The monoisotopic (exact) mass is 402 g/mol. The van der Waals surface area contributed by atoms with Gasteiger partial charge in [0, 0.05) is 18.0 Å². The molecule has 0 aliphatic carbocycles. The molecule has 1 atom stereocenters. The average molecular weight is 402 g/mol. The van der Waals surface area contributed by atoms with E-state index in [2.05, 4.69) is 30.1 Å². The summed E-state index contributed by atoms with van der Waals surface area (Å²) in [5.41, 5.74) is 0.800. The lowest BCUT2D eigenvalue weighted by molar-refractivity contribution is -0.274. The molecule has 29 heavy (non-hydrogen) atoms. The van der Waals surface area contributed by atoms with Gasteiger partial charge in [-0.15, -0.1) is 13.2 Å². The van der Waals surface area contributed by atoms with Crippen LogP contribution >= 0.6 is 0 Å². The lowest BCUT2D eigenvalue weighted by Crippen LogP contribution is -2.17. The molecule has 1 unspecified atom stereocenters. The van der Waals surface area contributed by atoms with Gasteiger partial charge in [0.1, 0.15) is 5.75 Å². The molecule has 1 aromatic carbocycles. The van der Waals surface area contributed by atoms with Gasteiger partial charge in [-0.3, -0.25) is 0 Å². The zero-order valence-corrected chi connectivity index (χ0v) is 14.6. The van der Waals surface area contributed by atoms with E-state index in [1.54, 1.807) is 18.2 Å². The van der Waals surface area contributed by atoms with Crippen LogP contribution in [0.5, 0.6) is 5.75 Å². The van der Waals surface area contributed by atoms with Gasteiger partial charge in [-0.2, -0.15) is 9.61 Å². The van der Waals surface area contributed by atoms with Crippen LogP contribution in [0.3, 0.4) is 0 Å². The number of anilines is 1. The molecule has 148 valence electrons. The van der Waals surface area contributed by atoms with E-state index in [1.165, 1.54) is 47.4 Å². The number of rotatable bonds is 5. The molecule has 0 radical (unpaired) electrons. The molecule has 0 amide bonds. The van der Waals surface area contributed by atoms with Gasteiger partial charge in [0.2, 0.25) is 0 Å². The highest BCUT2D eigenvalue weighted by Gasteiger charge is 2.32. The van der Waals surface area contributed by atoms with Crippen molar-refractivity contribution in [3.05, 3.63) is 66.9 Å². The zero-order chi connectivity index (χ0) is 20.4. The highest BCUT2D eigenvalue weighted by Crippen LogP contribution is 2.33. The maximum absolute atomic E-state index is 12.7. The highest BCUT2D eigenvalue weighted by molar-refractivity contribution is 5.68. The van der Waals surface area contributed by atoms with Gasteiger partial charge in [-0.25, -0.2) is 15.0 Å². The number of nitrogens with one attached hydrogen (secondary N) is 1. The molecule has 0 saturated carbocycles. The van der Waals surface area contributed by atoms with Gasteiger partial charge in [-0.1, -0.05) is 12.1 Å². The second kappa shape index (κ2) is 7.36. The Labute approximate surface area is 161 Å². The van der Waals surface area contributed by atoms with E-state index in [0.29, 0.717) is 11.5 Å². The van der Waals surface area contributed by atoms with Crippen LogP contribution < -0.4 is 10.1 Å². The van der Waals surface area contributed by atoms with Crippen molar-refractivity contribution >= 4 is 11.5 Å². The molecule has 0 aliphatic heterocycles. The number of hydrogen-bond acceptors (Lipinski definition) is 7. The number of halogens is 3. The van der Waals surface area contributed by atoms with Crippen LogP contribution in [-0.4, -0.2) is 36.0 Å². The molecule has 0 bridgehead atoms. The smallest absolute Gasteiger partial charge is 0.405 e. The van der Waals surface area contributed by atoms with E-state index in [1.807, 2.05) is 0 Å². The third kappa shape index (κ3) is 4.09. The largest absolute Gasteiger partial charge is 0.573 e. The maximum Gasteiger partial charge on any atom is 0.573 e. The van der Waals surface area contributed by atoms with Crippen molar-refractivity contribution in [2.75, 3.05) is 5.32 Å². The van der Waals surface area contributed by atoms with E-state index >= 15 is 0 Å². The number of aliphatic hydroxyl groups is 1. The molecular formula is C18H13F3N6O2. The van der Waals surface area contributed by atoms with Crippen LogP contribution in [0.4, 0.5) is 19.0 Å². The van der Waals surface area contributed by atoms with Crippen molar-refractivity contribution < 1.29 is 23.0 Å². The summed E-state index contributed by atoms with van der Waals surface area (Å²) < 4.78 is 43.6. The first kappa shape index (κ1) is 18.6. The quantitative estimate of drug-likeness (QED) is 0.495. The Morgan fingerprint density at radius 1 is 1.00 bits per heavy atom. The summed E-state index contributed by atoms with van der Waals surface area (Å²) in [5, 5.41) is 17.4. The molecule has 11 heteroatoms. The lowest BCUT2D eigenvalue weighted by Gasteiger charge is -2.14. The Kier molecular flexibility index (Phi) is 4.72. The van der Waals surface area contributed by atoms with Gasteiger partial charge >= 0.3 is 6.36 Å². The van der Waals surface area contributed by atoms with E-state index in [-0.39, 0.29) is 22.8 Å². The Morgan fingerprint density at radius 2 is 1.76 bits per heavy atom. The minimum absolute atomic E-state index is 0.141. The molecule has 3 aromatic heterocycles. The number of ether oxygens (including phenoxy) is 1. The highest BCUT2D eigenvalue weighted by atomic mass is 19.4. The molecular weight excluding hydrogens is 389 g/mol. The second-order valence-corrected chi connectivity index (χ2v) is 5.83. The molecule has 0 saturated heterocycles. The van der Waals surface area contributed by atoms with Crippen molar-refractivity contribution in [3.8, 4) is 17.0 Å². The molecule has 2 N–H and O–H groups in total. The summed E-state index contributed by atoms with van der Waals surface area (Å²) >= 11 is 0. The fourth-order valence-corrected chi connectivity index (χ4v) is 2.66. The number of aromatic nitrogens is 5. The minimum atomic E-state index is -4.83. The number of imidazole rings is 1. The van der Waals surface area contributed by atoms with Gasteiger partial charge in [0.05, 0.1) is 11.9 Å². The Balaban J connectivity index is 1.70. The van der Waals surface area contributed by atoms with Gasteiger partial charge in [0.25, 0.3) is 0 Å².